The smallest absolute Gasteiger partial charge is 0.262 e. The van der Waals surface area contributed by atoms with Gasteiger partial charge in [0.15, 0.2) is 0 Å². The third-order valence-corrected chi connectivity index (χ3v) is 6.60. The van der Waals surface area contributed by atoms with E-state index in [1.165, 1.54) is 11.3 Å². The van der Waals surface area contributed by atoms with Crippen LogP contribution in [0.25, 0.3) is 10.2 Å². The van der Waals surface area contributed by atoms with Gasteiger partial charge in [0, 0.05) is 23.7 Å². The van der Waals surface area contributed by atoms with E-state index in [2.05, 4.69) is 50.2 Å². The molecule has 0 unspecified atom stereocenters. The molecule has 0 atom stereocenters. The van der Waals surface area contributed by atoms with Gasteiger partial charge in [0.25, 0.3) is 11.5 Å². The van der Waals surface area contributed by atoms with Gasteiger partial charge in [-0.3, -0.25) is 14.2 Å². The fourth-order valence-corrected chi connectivity index (χ4v) is 5.58. The molecule has 0 radical (unpaired) electrons. The molecule has 2 N–H and O–H groups in total. The number of nitrogens with one attached hydrogen (secondary N) is 2. The lowest BCUT2D eigenvalue weighted by Gasteiger charge is -2.46. The molecular weight excluding hydrogens is 372 g/mol. The van der Waals surface area contributed by atoms with E-state index in [1.54, 1.807) is 10.9 Å². The molecule has 154 valence electrons. The van der Waals surface area contributed by atoms with Crippen LogP contribution >= 0.6 is 11.3 Å². The summed E-state index contributed by atoms with van der Waals surface area (Å²) in [6, 6.07) is 0.0949. The van der Waals surface area contributed by atoms with Gasteiger partial charge in [0.2, 0.25) is 0 Å². The number of carbonyl (C=O) groups excluding carboxylic acids is 1. The molecule has 2 aromatic rings. The number of aromatic nitrogens is 2. The molecule has 1 aliphatic rings. The molecule has 3 rings (SSSR count). The quantitative estimate of drug-likeness (QED) is 0.798. The van der Waals surface area contributed by atoms with Crippen molar-refractivity contribution >= 4 is 27.5 Å². The van der Waals surface area contributed by atoms with Crippen LogP contribution in [-0.4, -0.2) is 32.6 Å². The number of hydrogen-bond donors (Lipinski definition) is 2. The van der Waals surface area contributed by atoms with Gasteiger partial charge < -0.3 is 10.6 Å². The summed E-state index contributed by atoms with van der Waals surface area (Å²) in [5, 5.41) is 7.43. The number of carbonyl (C=O) groups is 1. The van der Waals surface area contributed by atoms with Crippen molar-refractivity contribution < 1.29 is 4.79 Å². The Kier molecular flexibility index (Phi) is 5.69. The fourth-order valence-electron chi connectivity index (χ4n) is 4.54. The molecule has 0 bridgehead atoms. The van der Waals surface area contributed by atoms with Crippen LogP contribution in [0.2, 0.25) is 0 Å². The van der Waals surface area contributed by atoms with E-state index < -0.39 is 0 Å². The van der Waals surface area contributed by atoms with Gasteiger partial charge in [-0.05, 0) is 59.4 Å². The summed E-state index contributed by atoms with van der Waals surface area (Å²) in [7, 11) is 0. The predicted molar refractivity (Wildman–Crippen MR) is 115 cm³/mol. The maximum Gasteiger partial charge on any atom is 0.262 e. The summed E-state index contributed by atoms with van der Waals surface area (Å²) in [5.74, 6) is -0.0986. The van der Waals surface area contributed by atoms with E-state index >= 15 is 0 Å². The van der Waals surface area contributed by atoms with Gasteiger partial charge in [-0.25, -0.2) is 4.98 Å². The largest absolute Gasteiger partial charge is 0.348 e. The minimum absolute atomic E-state index is 0.0382. The lowest BCUT2D eigenvalue weighted by atomic mass is 9.79. The molecule has 0 aliphatic carbocycles. The fraction of sp³-hybridized carbons (Fsp3) is 0.667. The monoisotopic (exact) mass is 404 g/mol. The number of nitrogens with zero attached hydrogens (tertiary/aromatic N) is 2. The van der Waals surface area contributed by atoms with Gasteiger partial charge >= 0.3 is 0 Å². The second-order valence-electron chi connectivity index (χ2n) is 9.30. The molecule has 1 amide bonds. The van der Waals surface area contributed by atoms with Crippen molar-refractivity contribution in [3.8, 4) is 0 Å². The third kappa shape index (κ3) is 4.30. The normalized spacial score (nSPS) is 19.1. The summed E-state index contributed by atoms with van der Waals surface area (Å²) in [6.45, 7) is 13.3. The Bertz CT molecular complexity index is 926. The first-order valence-electron chi connectivity index (χ1n) is 10.1. The summed E-state index contributed by atoms with van der Waals surface area (Å²) in [6.07, 6.45) is 5.30. The first kappa shape index (κ1) is 21.0. The molecule has 7 heteroatoms. The lowest BCUT2D eigenvalue weighted by molar-refractivity contribution is 0.0876. The third-order valence-electron chi connectivity index (χ3n) is 5.40. The zero-order chi connectivity index (χ0) is 20.7. The SMILES string of the molecule is CCCCn1cnc2sc(C(=O)NC3CC(C)(C)NC(C)(C)C3)c(C)c2c1=O. The standard InChI is InChI=1S/C21H32N4O2S/c1-7-8-9-25-12-22-18-15(19(25)27)13(2)16(28-18)17(26)23-14-10-20(3,4)24-21(5,6)11-14/h12,14,24H,7-11H2,1-6H3,(H,23,26). The highest BCUT2D eigenvalue weighted by Gasteiger charge is 2.38. The Morgan fingerprint density at radius 3 is 2.57 bits per heavy atom. The van der Waals surface area contributed by atoms with E-state index in [4.69, 9.17) is 0 Å². The number of fused-ring (bicyclic) bond motifs is 1. The maximum atomic E-state index is 13.0. The van der Waals surface area contributed by atoms with Crippen LogP contribution < -0.4 is 16.2 Å². The highest BCUT2D eigenvalue weighted by atomic mass is 32.1. The average Bonchev–Trinajstić information content (AvgIpc) is 2.89. The number of hydrogen-bond acceptors (Lipinski definition) is 5. The zero-order valence-electron chi connectivity index (χ0n) is 17.8. The summed E-state index contributed by atoms with van der Waals surface area (Å²) in [4.78, 5) is 31.6. The molecular formula is C21H32N4O2S. The molecule has 3 heterocycles. The minimum atomic E-state index is -0.0986. The van der Waals surface area contributed by atoms with Gasteiger partial charge in [0.1, 0.15) is 4.83 Å². The zero-order valence-corrected chi connectivity index (χ0v) is 18.6. The highest BCUT2D eigenvalue weighted by molar-refractivity contribution is 7.20. The predicted octanol–water partition coefficient (Wildman–Crippen LogP) is 3.61. The molecule has 6 nitrogen and oxygen atoms in total. The van der Waals surface area contributed by atoms with E-state index in [0.29, 0.717) is 21.6 Å². The minimum Gasteiger partial charge on any atom is -0.348 e. The van der Waals surface area contributed by atoms with Gasteiger partial charge in [-0.15, -0.1) is 11.3 Å². The Labute approximate surface area is 170 Å². The lowest BCUT2D eigenvalue weighted by Crippen LogP contribution is -2.62. The number of unbranched alkanes of at least 4 members (excludes halogenated alkanes) is 1. The van der Waals surface area contributed by atoms with E-state index in [1.807, 2.05) is 6.92 Å². The second kappa shape index (κ2) is 7.59. The van der Waals surface area contributed by atoms with Gasteiger partial charge in [-0.2, -0.15) is 0 Å². The van der Waals surface area contributed by atoms with Crippen molar-refractivity contribution in [2.75, 3.05) is 0 Å². The highest BCUT2D eigenvalue weighted by Crippen LogP contribution is 2.30. The molecule has 2 aromatic heterocycles. The van der Waals surface area contributed by atoms with E-state index in [9.17, 15) is 9.59 Å². The molecule has 1 fully saturated rings. The van der Waals surface area contributed by atoms with E-state index in [-0.39, 0.29) is 28.6 Å². The molecule has 1 saturated heterocycles. The average molecular weight is 405 g/mol. The number of aryl methyl sites for hydroxylation is 2. The van der Waals surface area contributed by atoms with Crippen molar-refractivity contribution in [3.05, 3.63) is 27.1 Å². The molecule has 1 aliphatic heterocycles. The summed E-state index contributed by atoms with van der Waals surface area (Å²) >= 11 is 1.31. The van der Waals surface area contributed by atoms with Gasteiger partial charge in [-0.1, -0.05) is 13.3 Å². The number of amides is 1. The van der Waals surface area contributed by atoms with Crippen LogP contribution in [0, 0.1) is 6.92 Å². The van der Waals surface area contributed by atoms with Crippen LogP contribution in [0.15, 0.2) is 11.1 Å². The van der Waals surface area contributed by atoms with Gasteiger partial charge in [0.05, 0.1) is 16.6 Å². The Hall–Kier alpha value is -1.73. The molecule has 0 spiro atoms. The Morgan fingerprint density at radius 2 is 1.96 bits per heavy atom. The molecule has 0 aromatic carbocycles. The van der Waals surface area contributed by atoms with Crippen molar-refractivity contribution in [2.45, 2.75) is 90.9 Å². The number of thiophene rings is 1. The van der Waals surface area contributed by atoms with Crippen LogP contribution in [0.5, 0.6) is 0 Å². The summed E-state index contributed by atoms with van der Waals surface area (Å²) < 4.78 is 1.66. The van der Waals surface area contributed by atoms with Crippen molar-refractivity contribution in [1.82, 2.24) is 20.2 Å². The van der Waals surface area contributed by atoms with Crippen LogP contribution in [0.4, 0.5) is 0 Å². The maximum absolute atomic E-state index is 13.0. The van der Waals surface area contributed by atoms with Crippen LogP contribution in [-0.2, 0) is 6.54 Å². The first-order chi connectivity index (χ1) is 13.0. The topological polar surface area (TPSA) is 76.0 Å². The number of rotatable bonds is 5. The van der Waals surface area contributed by atoms with Crippen molar-refractivity contribution in [1.29, 1.82) is 0 Å². The Morgan fingerprint density at radius 1 is 1.32 bits per heavy atom. The summed E-state index contributed by atoms with van der Waals surface area (Å²) in [5.41, 5.74) is 0.621. The van der Waals surface area contributed by atoms with Crippen molar-refractivity contribution in [2.24, 2.45) is 0 Å². The van der Waals surface area contributed by atoms with Crippen LogP contribution in [0.3, 0.4) is 0 Å². The molecule has 0 saturated carbocycles. The van der Waals surface area contributed by atoms with Crippen molar-refractivity contribution in [3.63, 3.8) is 0 Å². The number of piperidine rings is 1. The van der Waals surface area contributed by atoms with E-state index in [0.717, 1.165) is 31.2 Å². The first-order valence-corrected chi connectivity index (χ1v) is 10.9. The Balaban J connectivity index is 1.87. The second-order valence-corrected chi connectivity index (χ2v) is 10.3. The molecule has 28 heavy (non-hydrogen) atoms. The van der Waals surface area contributed by atoms with Crippen LogP contribution in [0.1, 0.15) is 75.5 Å².